The molecular weight excluding hydrogens is 320 g/mol. The predicted octanol–water partition coefficient (Wildman–Crippen LogP) is 0.696. The number of aromatic nitrogens is 5. The summed E-state index contributed by atoms with van der Waals surface area (Å²) in [7, 11) is 1.96. The van der Waals surface area contributed by atoms with Crippen LogP contribution in [0.3, 0.4) is 0 Å². The van der Waals surface area contributed by atoms with Crippen molar-refractivity contribution in [2.24, 2.45) is 0 Å². The highest BCUT2D eigenvalue weighted by molar-refractivity contribution is 5.80. The van der Waals surface area contributed by atoms with E-state index in [1.807, 2.05) is 19.2 Å². The molecule has 3 aromatic heterocycles. The van der Waals surface area contributed by atoms with Gasteiger partial charge in [0, 0.05) is 31.8 Å². The van der Waals surface area contributed by atoms with Gasteiger partial charge in [0.2, 0.25) is 0 Å². The molecule has 0 atom stereocenters. The first-order valence-electron chi connectivity index (χ1n) is 8.21. The molecule has 8 nitrogen and oxygen atoms in total. The van der Waals surface area contributed by atoms with Gasteiger partial charge in [-0.25, -0.2) is 14.2 Å². The standard InChI is InChI=1S/C17H18N6O2/c1-21(13-2-3-13)15-4-5-17(25)23(20-15)10-14(24)8-12-6-7-22-16(9-12)18-11-19-22/h4-7,9,11,13H,2-3,8,10H2,1H3. The van der Waals surface area contributed by atoms with Crippen molar-refractivity contribution >= 4 is 17.2 Å². The molecule has 1 aliphatic rings. The fourth-order valence-electron chi connectivity index (χ4n) is 2.81. The summed E-state index contributed by atoms with van der Waals surface area (Å²) in [5, 5.41) is 8.36. The summed E-state index contributed by atoms with van der Waals surface area (Å²) >= 11 is 0. The fourth-order valence-corrected chi connectivity index (χ4v) is 2.81. The summed E-state index contributed by atoms with van der Waals surface area (Å²) in [6, 6.07) is 7.31. The summed E-state index contributed by atoms with van der Waals surface area (Å²) in [6.45, 7) is -0.0386. The molecule has 0 aromatic carbocycles. The number of carbonyl (C=O) groups is 1. The van der Waals surface area contributed by atoms with Crippen LogP contribution in [0.2, 0.25) is 0 Å². The summed E-state index contributed by atoms with van der Waals surface area (Å²) in [6.07, 6.45) is 5.73. The first-order valence-corrected chi connectivity index (χ1v) is 8.21. The van der Waals surface area contributed by atoms with Gasteiger partial charge in [0.05, 0.1) is 0 Å². The van der Waals surface area contributed by atoms with Crippen LogP contribution in [-0.2, 0) is 17.8 Å². The van der Waals surface area contributed by atoms with E-state index < -0.39 is 0 Å². The molecule has 0 aliphatic heterocycles. The van der Waals surface area contributed by atoms with E-state index in [0.29, 0.717) is 11.7 Å². The lowest BCUT2D eigenvalue weighted by Crippen LogP contribution is -2.30. The fraction of sp³-hybridized carbons (Fsp3) is 0.353. The summed E-state index contributed by atoms with van der Waals surface area (Å²) in [5.74, 6) is 0.643. The number of Topliss-reactive ketones (excluding diaryl/α,β-unsaturated/α-hetero) is 1. The van der Waals surface area contributed by atoms with Crippen LogP contribution in [0.25, 0.3) is 5.65 Å². The van der Waals surface area contributed by atoms with Crippen molar-refractivity contribution < 1.29 is 4.79 Å². The van der Waals surface area contributed by atoms with E-state index in [2.05, 4.69) is 20.1 Å². The van der Waals surface area contributed by atoms with Gasteiger partial charge in [-0.2, -0.15) is 10.2 Å². The number of fused-ring (bicyclic) bond motifs is 1. The number of pyridine rings is 1. The van der Waals surface area contributed by atoms with Crippen LogP contribution >= 0.6 is 0 Å². The molecule has 0 amide bonds. The van der Waals surface area contributed by atoms with E-state index >= 15 is 0 Å². The minimum absolute atomic E-state index is 0.0386. The maximum absolute atomic E-state index is 12.4. The summed E-state index contributed by atoms with van der Waals surface area (Å²) in [5.41, 5.74) is 1.26. The molecule has 3 aromatic rings. The zero-order valence-corrected chi connectivity index (χ0v) is 13.9. The average Bonchev–Trinajstić information content (AvgIpc) is 3.34. The Morgan fingerprint density at radius 1 is 1.32 bits per heavy atom. The molecular formula is C17H18N6O2. The van der Waals surface area contributed by atoms with Crippen LogP contribution in [0, 0.1) is 0 Å². The van der Waals surface area contributed by atoms with Crippen molar-refractivity contribution in [2.45, 2.75) is 31.8 Å². The van der Waals surface area contributed by atoms with Gasteiger partial charge in [-0.05, 0) is 36.6 Å². The number of nitrogens with zero attached hydrogens (tertiary/aromatic N) is 6. The molecule has 1 saturated carbocycles. The normalized spacial score (nSPS) is 14.0. The van der Waals surface area contributed by atoms with E-state index in [0.717, 1.165) is 24.2 Å². The minimum atomic E-state index is -0.269. The molecule has 0 bridgehead atoms. The second-order valence-electron chi connectivity index (χ2n) is 6.34. The molecule has 0 spiro atoms. The molecule has 0 saturated heterocycles. The highest BCUT2D eigenvalue weighted by Gasteiger charge is 2.27. The number of hydrogen-bond donors (Lipinski definition) is 0. The zero-order valence-electron chi connectivity index (χ0n) is 13.9. The molecule has 0 radical (unpaired) electrons. The minimum Gasteiger partial charge on any atom is -0.355 e. The molecule has 128 valence electrons. The van der Waals surface area contributed by atoms with Gasteiger partial charge in [0.15, 0.2) is 11.4 Å². The average molecular weight is 338 g/mol. The van der Waals surface area contributed by atoms with Gasteiger partial charge in [-0.1, -0.05) is 0 Å². The van der Waals surface area contributed by atoms with Crippen molar-refractivity contribution in [1.82, 2.24) is 24.4 Å². The molecule has 3 heterocycles. The van der Waals surface area contributed by atoms with Gasteiger partial charge in [0.1, 0.15) is 18.7 Å². The number of carbonyl (C=O) groups excluding carboxylic acids is 1. The highest BCUT2D eigenvalue weighted by atomic mass is 16.1. The molecule has 1 aliphatic carbocycles. The third kappa shape index (κ3) is 3.28. The monoisotopic (exact) mass is 338 g/mol. The summed E-state index contributed by atoms with van der Waals surface area (Å²) < 4.78 is 2.88. The van der Waals surface area contributed by atoms with E-state index in [1.165, 1.54) is 17.1 Å². The van der Waals surface area contributed by atoms with Crippen LogP contribution in [0.1, 0.15) is 18.4 Å². The SMILES string of the molecule is CN(c1ccc(=O)n(CC(=O)Cc2ccn3ncnc3c2)n1)C1CC1. The quantitative estimate of drug-likeness (QED) is 0.658. The lowest BCUT2D eigenvalue weighted by Gasteiger charge is -2.17. The Bertz CT molecular complexity index is 988. The van der Waals surface area contributed by atoms with Crippen molar-refractivity contribution in [3.05, 3.63) is 52.7 Å². The van der Waals surface area contributed by atoms with Gasteiger partial charge in [-0.3, -0.25) is 9.59 Å². The van der Waals surface area contributed by atoms with Gasteiger partial charge < -0.3 is 4.90 Å². The lowest BCUT2D eigenvalue weighted by atomic mass is 10.1. The van der Waals surface area contributed by atoms with Gasteiger partial charge in [0.25, 0.3) is 5.56 Å². The van der Waals surface area contributed by atoms with Crippen LogP contribution in [0.5, 0.6) is 0 Å². The lowest BCUT2D eigenvalue weighted by molar-refractivity contribution is -0.119. The number of anilines is 1. The van der Waals surface area contributed by atoms with Crippen LogP contribution < -0.4 is 10.5 Å². The maximum atomic E-state index is 12.4. The van der Waals surface area contributed by atoms with Gasteiger partial charge in [-0.15, -0.1) is 0 Å². The van der Waals surface area contributed by atoms with Gasteiger partial charge >= 0.3 is 0 Å². The molecule has 4 rings (SSSR count). The highest BCUT2D eigenvalue weighted by Crippen LogP contribution is 2.28. The van der Waals surface area contributed by atoms with Crippen molar-refractivity contribution in [1.29, 1.82) is 0 Å². The maximum Gasteiger partial charge on any atom is 0.267 e. The van der Waals surface area contributed by atoms with Crippen molar-refractivity contribution in [2.75, 3.05) is 11.9 Å². The Balaban J connectivity index is 1.49. The number of ketones is 1. The van der Waals surface area contributed by atoms with Crippen LogP contribution in [-0.4, -0.2) is 43.3 Å². The first-order chi connectivity index (χ1) is 12.1. The Morgan fingerprint density at radius 3 is 2.96 bits per heavy atom. The number of hydrogen-bond acceptors (Lipinski definition) is 6. The first kappa shape index (κ1) is 15.5. The molecule has 25 heavy (non-hydrogen) atoms. The van der Waals surface area contributed by atoms with E-state index in [9.17, 15) is 9.59 Å². The Hall–Kier alpha value is -3.03. The smallest absolute Gasteiger partial charge is 0.267 e. The third-order valence-corrected chi connectivity index (χ3v) is 4.38. The predicted molar refractivity (Wildman–Crippen MR) is 91.6 cm³/mol. The van der Waals surface area contributed by atoms with Crippen LogP contribution in [0.4, 0.5) is 5.82 Å². The van der Waals surface area contributed by atoms with E-state index in [1.54, 1.807) is 16.8 Å². The van der Waals surface area contributed by atoms with E-state index in [-0.39, 0.29) is 24.3 Å². The largest absolute Gasteiger partial charge is 0.355 e. The topological polar surface area (TPSA) is 85.4 Å². The molecule has 1 fully saturated rings. The van der Waals surface area contributed by atoms with Crippen molar-refractivity contribution in [3.63, 3.8) is 0 Å². The second kappa shape index (κ2) is 6.12. The number of rotatable bonds is 6. The Morgan fingerprint density at radius 2 is 2.16 bits per heavy atom. The third-order valence-electron chi connectivity index (χ3n) is 4.38. The second-order valence-corrected chi connectivity index (χ2v) is 6.34. The zero-order chi connectivity index (χ0) is 17.4. The summed E-state index contributed by atoms with van der Waals surface area (Å²) in [4.78, 5) is 30.6. The molecule has 0 unspecified atom stereocenters. The Kier molecular flexibility index (Phi) is 3.79. The molecule has 0 N–H and O–H groups in total. The van der Waals surface area contributed by atoms with E-state index in [4.69, 9.17) is 0 Å². The molecule has 8 heteroatoms. The van der Waals surface area contributed by atoms with Crippen LogP contribution in [0.15, 0.2) is 41.6 Å². The van der Waals surface area contributed by atoms with Crippen molar-refractivity contribution in [3.8, 4) is 0 Å². The Labute approximate surface area is 143 Å².